The highest BCUT2D eigenvalue weighted by Gasteiger charge is 2.19. The van der Waals surface area contributed by atoms with E-state index in [9.17, 15) is 4.79 Å². The molecule has 1 fully saturated rings. The van der Waals surface area contributed by atoms with Crippen molar-refractivity contribution in [3.8, 4) is 0 Å². The fourth-order valence-corrected chi connectivity index (χ4v) is 3.02. The first kappa shape index (κ1) is 16.9. The van der Waals surface area contributed by atoms with Crippen LogP contribution in [0.1, 0.15) is 5.56 Å². The van der Waals surface area contributed by atoms with Crippen LogP contribution in [-0.4, -0.2) is 37.0 Å². The molecule has 0 unspecified atom stereocenters. The third-order valence-corrected chi connectivity index (χ3v) is 4.81. The summed E-state index contributed by atoms with van der Waals surface area (Å²) in [6.45, 7) is 3.13. The Hall–Kier alpha value is -1.97. The summed E-state index contributed by atoms with van der Waals surface area (Å²) in [6.07, 6.45) is 3.37. The van der Waals surface area contributed by atoms with Crippen LogP contribution in [0.2, 0.25) is 10.0 Å². The number of halogens is 2. The van der Waals surface area contributed by atoms with Gasteiger partial charge < -0.3 is 9.80 Å². The summed E-state index contributed by atoms with van der Waals surface area (Å²) in [6, 6.07) is 15.6. The summed E-state index contributed by atoms with van der Waals surface area (Å²) < 4.78 is 0. The number of carbonyl (C=O) groups is 1. The first-order valence-corrected chi connectivity index (χ1v) is 8.61. The quantitative estimate of drug-likeness (QED) is 0.759. The van der Waals surface area contributed by atoms with Crippen molar-refractivity contribution in [3.63, 3.8) is 0 Å². The van der Waals surface area contributed by atoms with E-state index in [-0.39, 0.29) is 5.91 Å². The van der Waals surface area contributed by atoms with Crippen LogP contribution < -0.4 is 4.90 Å². The monoisotopic (exact) mass is 360 g/mol. The van der Waals surface area contributed by atoms with E-state index in [4.69, 9.17) is 23.2 Å². The van der Waals surface area contributed by atoms with Gasteiger partial charge in [0, 0.05) is 37.9 Å². The van der Waals surface area contributed by atoms with Crippen molar-refractivity contribution < 1.29 is 4.79 Å². The van der Waals surface area contributed by atoms with E-state index in [0.29, 0.717) is 10.0 Å². The molecule has 2 aromatic carbocycles. The first-order chi connectivity index (χ1) is 11.6. The average Bonchev–Trinajstić information content (AvgIpc) is 2.63. The molecule has 1 aliphatic rings. The number of hydrogen-bond acceptors (Lipinski definition) is 2. The molecule has 3 rings (SSSR count). The van der Waals surface area contributed by atoms with E-state index in [1.807, 2.05) is 29.2 Å². The van der Waals surface area contributed by atoms with Crippen LogP contribution in [0.15, 0.2) is 54.6 Å². The second-order valence-corrected chi connectivity index (χ2v) is 6.47. The maximum Gasteiger partial charge on any atom is 0.246 e. The number of anilines is 1. The Morgan fingerprint density at radius 1 is 0.917 bits per heavy atom. The summed E-state index contributed by atoms with van der Waals surface area (Å²) >= 11 is 11.9. The Morgan fingerprint density at radius 2 is 1.62 bits per heavy atom. The van der Waals surface area contributed by atoms with Crippen LogP contribution in [-0.2, 0) is 4.79 Å². The van der Waals surface area contributed by atoms with Crippen molar-refractivity contribution in [2.24, 2.45) is 0 Å². The van der Waals surface area contributed by atoms with Crippen molar-refractivity contribution in [1.82, 2.24) is 4.90 Å². The molecule has 0 spiro atoms. The SMILES string of the molecule is O=C(/C=C/c1ccc(Cl)c(Cl)c1)N1CCN(c2ccccc2)CC1. The molecule has 0 atom stereocenters. The lowest BCUT2D eigenvalue weighted by molar-refractivity contribution is -0.126. The largest absolute Gasteiger partial charge is 0.368 e. The number of para-hydroxylation sites is 1. The van der Waals surface area contributed by atoms with E-state index >= 15 is 0 Å². The molecule has 2 aromatic rings. The highest BCUT2D eigenvalue weighted by molar-refractivity contribution is 6.42. The summed E-state index contributed by atoms with van der Waals surface area (Å²) in [7, 11) is 0. The van der Waals surface area contributed by atoms with Crippen LogP contribution in [0.5, 0.6) is 0 Å². The molecule has 0 bridgehead atoms. The maximum atomic E-state index is 12.3. The van der Waals surface area contributed by atoms with Gasteiger partial charge >= 0.3 is 0 Å². The Balaban J connectivity index is 1.57. The molecule has 1 saturated heterocycles. The lowest BCUT2D eigenvalue weighted by Gasteiger charge is -2.35. The van der Waals surface area contributed by atoms with Crippen molar-refractivity contribution in [2.45, 2.75) is 0 Å². The molecule has 3 nitrogen and oxygen atoms in total. The Kier molecular flexibility index (Phi) is 5.44. The van der Waals surface area contributed by atoms with Gasteiger partial charge in [0.1, 0.15) is 0 Å². The lowest BCUT2D eigenvalue weighted by atomic mass is 10.2. The highest BCUT2D eigenvalue weighted by Crippen LogP contribution is 2.23. The normalized spacial score (nSPS) is 15.1. The first-order valence-electron chi connectivity index (χ1n) is 7.85. The standard InChI is InChI=1S/C19H18Cl2N2O/c20-17-8-6-15(14-18(17)21)7-9-19(24)23-12-10-22(11-13-23)16-4-2-1-3-5-16/h1-9,14H,10-13H2/b9-7+. The molecule has 0 radical (unpaired) electrons. The smallest absolute Gasteiger partial charge is 0.246 e. The van der Waals surface area contributed by atoms with Gasteiger partial charge in [-0.3, -0.25) is 4.79 Å². The molecule has 124 valence electrons. The molecule has 5 heteroatoms. The van der Waals surface area contributed by atoms with Gasteiger partial charge in [0.05, 0.1) is 10.0 Å². The number of rotatable bonds is 3. The minimum absolute atomic E-state index is 0.0220. The minimum atomic E-state index is 0.0220. The highest BCUT2D eigenvalue weighted by atomic mass is 35.5. The molecule has 1 amide bonds. The van der Waals surface area contributed by atoms with Crippen LogP contribution in [0, 0.1) is 0 Å². The van der Waals surface area contributed by atoms with Gasteiger partial charge in [-0.25, -0.2) is 0 Å². The second kappa shape index (κ2) is 7.73. The van der Waals surface area contributed by atoms with Crippen LogP contribution in [0.25, 0.3) is 6.08 Å². The van der Waals surface area contributed by atoms with Crippen molar-refractivity contribution in [3.05, 3.63) is 70.2 Å². The molecule has 1 aliphatic heterocycles. The van der Waals surface area contributed by atoms with Crippen molar-refractivity contribution in [1.29, 1.82) is 0 Å². The fraction of sp³-hybridized carbons (Fsp3) is 0.211. The number of benzene rings is 2. The van der Waals surface area contributed by atoms with E-state index in [0.717, 1.165) is 31.7 Å². The molecule has 0 N–H and O–H groups in total. The van der Waals surface area contributed by atoms with E-state index in [1.54, 1.807) is 24.3 Å². The Labute approximate surface area is 152 Å². The molecule has 0 saturated carbocycles. The summed E-state index contributed by atoms with van der Waals surface area (Å²) in [5, 5.41) is 1.000. The Morgan fingerprint density at radius 3 is 2.29 bits per heavy atom. The zero-order valence-electron chi connectivity index (χ0n) is 13.2. The zero-order chi connectivity index (χ0) is 16.9. The van der Waals surface area contributed by atoms with Crippen LogP contribution in [0.3, 0.4) is 0 Å². The number of piperazine rings is 1. The average molecular weight is 361 g/mol. The maximum absolute atomic E-state index is 12.3. The van der Waals surface area contributed by atoms with Gasteiger partial charge in [-0.1, -0.05) is 47.5 Å². The van der Waals surface area contributed by atoms with Crippen molar-refractivity contribution >= 4 is 40.9 Å². The molecule has 24 heavy (non-hydrogen) atoms. The topological polar surface area (TPSA) is 23.6 Å². The van der Waals surface area contributed by atoms with Crippen LogP contribution in [0.4, 0.5) is 5.69 Å². The third kappa shape index (κ3) is 4.11. The van der Waals surface area contributed by atoms with Gasteiger partial charge in [-0.2, -0.15) is 0 Å². The van der Waals surface area contributed by atoms with Gasteiger partial charge in [0.25, 0.3) is 0 Å². The molecular weight excluding hydrogens is 343 g/mol. The molecule has 1 heterocycles. The van der Waals surface area contributed by atoms with Gasteiger partial charge in [0.2, 0.25) is 5.91 Å². The van der Waals surface area contributed by atoms with Gasteiger partial charge in [-0.15, -0.1) is 0 Å². The molecule has 0 aromatic heterocycles. The second-order valence-electron chi connectivity index (χ2n) is 5.65. The predicted octanol–water partition coefficient (Wildman–Crippen LogP) is 4.36. The predicted molar refractivity (Wildman–Crippen MR) is 101 cm³/mol. The van der Waals surface area contributed by atoms with Crippen LogP contribution >= 0.6 is 23.2 Å². The minimum Gasteiger partial charge on any atom is -0.368 e. The van der Waals surface area contributed by atoms with Crippen molar-refractivity contribution in [2.75, 3.05) is 31.1 Å². The number of nitrogens with zero attached hydrogens (tertiary/aromatic N) is 2. The lowest BCUT2D eigenvalue weighted by Crippen LogP contribution is -2.48. The van der Waals surface area contributed by atoms with Gasteiger partial charge in [0.15, 0.2) is 0 Å². The number of amides is 1. The third-order valence-electron chi connectivity index (χ3n) is 4.07. The van der Waals surface area contributed by atoms with Gasteiger partial charge in [-0.05, 0) is 35.9 Å². The zero-order valence-corrected chi connectivity index (χ0v) is 14.7. The van der Waals surface area contributed by atoms with E-state index < -0.39 is 0 Å². The van der Waals surface area contributed by atoms with E-state index in [2.05, 4.69) is 17.0 Å². The summed E-state index contributed by atoms with van der Waals surface area (Å²) in [5.41, 5.74) is 2.07. The summed E-state index contributed by atoms with van der Waals surface area (Å²) in [5.74, 6) is 0.0220. The number of carbonyl (C=O) groups excluding carboxylic acids is 1. The molecule has 0 aliphatic carbocycles. The fourth-order valence-electron chi connectivity index (χ4n) is 2.71. The molecular formula is C19H18Cl2N2O. The summed E-state index contributed by atoms with van der Waals surface area (Å²) in [4.78, 5) is 16.5. The number of hydrogen-bond donors (Lipinski definition) is 0. The Bertz CT molecular complexity index is 738. The van der Waals surface area contributed by atoms with E-state index in [1.165, 1.54) is 5.69 Å².